The molecule has 0 saturated heterocycles. The van der Waals surface area contributed by atoms with Gasteiger partial charge in [0.15, 0.2) is 0 Å². The summed E-state index contributed by atoms with van der Waals surface area (Å²) < 4.78 is 10.9. The molecule has 0 aliphatic rings. The Labute approximate surface area is 165 Å². The van der Waals surface area contributed by atoms with E-state index in [1.54, 1.807) is 7.11 Å². The molecule has 146 valence electrons. The van der Waals surface area contributed by atoms with E-state index in [2.05, 4.69) is 53.0 Å². The second kappa shape index (κ2) is 10.5. The molecule has 5 heteroatoms. The quantitative estimate of drug-likeness (QED) is 0.356. The largest absolute Gasteiger partial charge is 0.359 e. The lowest BCUT2D eigenvalue weighted by atomic mass is 10.0. The van der Waals surface area contributed by atoms with Crippen molar-refractivity contribution in [1.29, 1.82) is 0 Å². The molecule has 0 unspecified atom stereocenters. The summed E-state index contributed by atoms with van der Waals surface area (Å²) in [6, 6.07) is 7.13. The summed E-state index contributed by atoms with van der Waals surface area (Å²) in [6.45, 7) is 13.9. The van der Waals surface area contributed by atoms with Crippen molar-refractivity contribution in [3.8, 4) is 11.5 Å². The van der Waals surface area contributed by atoms with Gasteiger partial charge >= 0.3 is 0 Å². The third-order valence-electron chi connectivity index (χ3n) is 5.21. The van der Waals surface area contributed by atoms with Gasteiger partial charge in [0.1, 0.15) is 21.0 Å². The average molecular weight is 396 g/mol. The predicted molar refractivity (Wildman–Crippen MR) is 114 cm³/mol. The third-order valence-corrected chi connectivity index (χ3v) is 11.8. The minimum atomic E-state index is -1.83. The zero-order valence-corrected chi connectivity index (χ0v) is 18.9. The lowest BCUT2D eigenvalue weighted by Gasteiger charge is -2.38. The van der Waals surface area contributed by atoms with Gasteiger partial charge in [0, 0.05) is 12.1 Å². The molecule has 0 amide bonds. The number of methoxy groups -OCH3 is 1. The highest BCUT2D eigenvalue weighted by atomic mass is 35.5. The summed E-state index contributed by atoms with van der Waals surface area (Å²) >= 11 is 6.01. The van der Waals surface area contributed by atoms with Crippen LogP contribution in [0.1, 0.15) is 53.2 Å². The lowest BCUT2D eigenvalue weighted by Crippen LogP contribution is -2.44. The molecule has 1 aromatic rings. The number of halogens is 1. The summed E-state index contributed by atoms with van der Waals surface area (Å²) in [5, 5.41) is 0.685. The van der Waals surface area contributed by atoms with E-state index in [-0.39, 0.29) is 12.9 Å². The maximum Gasteiger partial charge on any atom is 0.147 e. The molecule has 0 saturated carbocycles. The normalized spacial score (nSPS) is 14.5. The molecule has 0 aliphatic carbocycles. The zero-order chi connectivity index (χ0) is 19.9. The van der Waals surface area contributed by atoms with Crippen molar-refractivity contribution < 1.29 is 9.47 Å². The first-order valence-electron chi connectivity index (χ1n) is 9.31. The molecule has 0 heterocycles. The van der Waals surface area contributed by atoms with Gasteiger partial charge in [-0.1, -0.05) is 71.2 Å². The first-order valence-corrected chi connectivity index (χ1v) is 11.9. The van der Waals surface area contributed by atoms with E-state index in [1.807, 2.05) is 24.3 Å². The van der Waals surface area contributed by atoms with Crippen molar-refractivity contribution in [2.45, 2.75) is 70.3 Å². The molecule has 1 aromatic carbocycles. The highest BCUT2D eigenvalue weighted by molar-refractivity contribution is 6.90. The predicted octanol–water partition coefficient (Wildman–Crippen LogP) is 5.55. The maximum atomic E-state index is 6.47. The van der Waals surface area contributed by atoms with Crippen LogP contribution in [0.3, 0.4) is 0 Å². The summed E-state index contributed by atoms with van der Waals surface area (Å²) in [5.41, 5.74) is 12.8. The number of rotatable bonds is 8. The van der Waals surface area contributed by atoms with E-state index in [9.17, 15) is 0 Å². The molecule has 0 bridgehead atoms. The lowest BCUT2D eigenvalue weighted by molar-refractivity contribution is -0.0760. The second-order valence-electron chi connectivity index (χ2n) is 7.74. The second-order valence-corrected chi connectivity index (χ2v) is 13.8. The molecule has 0 radical (unpaired) electrons. The summed E-state index contributed by atoms with van der Waals surface area (Å²) in [5.74, 6) is 3.37. The van der Waals surface area contributed by atoms with Crippen LogP contribution in [0.4, 0.5) is 0 Å². The fourth-order valence-corrected chi connectivity index (χ4v) is 9.33. The first-order chi connectivity index (χ1) is 12.2. The SMILES string of the molecule is COCO[C@H](c1ccc(Cl)cc1)[C@@H](N)C#C[Si](C(C)C)(C(C)C)C(C)C. The molecule has 0 spiro atoms. The number of ether oxygens (including phenoxy) is 2. The molecular weight excluding hydrogens is 362 g/mol. The average Bonchev–Trinajstić information content (AvgIpc) is 2.56. The van der Waals surface area contributed by atoms with Gasteiger partial charge in [-0.2, -0.15) is 0 Å². The number of benzene rings is 1. The summed E-state index contributed by atoms with van der Waals surface area (Å²) in [6.07, 6.45) is -0.349. The van der Waals surface area contributed by atoms with Crippen LogP contribution >= 0.6 is 11.6 Å². The molecule has 2 N–H and O–H groups in total. The number of nitrogens with two attached hydrogens (primary N) is 1. The van der Waals surface area contributed by atoms with Gasteiger partial charge in [-0.05, 0) is 34.3 Å². The van der Waals surface area contributed by atoms with Gasteiger partial charge in [-0.3, -0.25) is 0 Å². The van der Waals surface area contributed by atoms with Crippen LogP contribution in [0.2, 0.25) is 21.6 Å². The molecule has 2 atom stereocenters. The van der Waals surface area contributed by atoms with Crippen molar-refractivity contribution >= 4 is 19.7 Å². The van der Waals surface area contributed by atoms with Crippen LogP contribution in [0.5, 0.6) is 0 Å². The standard InChI is InChI=1S/C21H34ClNO2Si/c1-15(2)26(16(3)4,17(5)6)13-12-20(23)21(25-14-24-7)18-8-10-19(22)11-9-18/h8-11,15-17,20-21H,14,23H2,1-7H3/t20-,21+/m0/s1. The topological polar surface area (TPSA) is 44.5 Å². The van der Waals surface area contributed by atoms with E-state index in [0.717, 1.165) is 5.56 Å². The van der Waals surface area contributed by atoms with E-state index in [4.69, 9.17) is 26.8 Å². The van der Waals surface area contributed by atoms with Gasteiger partial charge in [0.25, 0.3) is 0 Å². The van der Waals surface area contributed by atoms with Gasteiger partial charge in [-0.25, -0.2) is 0 Å². The van der Waals surface area contributed by atoms with Crippen molar-refractivity contribution in [2.75, 3.05) is 13.9 Å². The molecule has 26 heavy (non-hydrogen) atoms. The minimum absolute atomic E-state index is 0.170. The van der Waals surface area contributed by atoms with Crippen LogP contribution in [0, 0.1) is 11.5 Å². The third kappa shape index (κ3) is 5.58. The number of hydrogen-bond donors (Lipinski definition) is 1. The van der Waals surface area contributed by atoms with E-state index < -0.39 is 14.1 Å². The molecule has 0 aliphatic heterocycles. The molecule has 1 rings (SSSR count). The van der Waals surface area contributed by atoms with Crippen molar-refractivity contribution in [2.24, 2.45) is 5.73 Å². The summed E-state index contributed by atoms with van der Waals surface area (Å²) in [7, 11) is -0.225. The molecule has 0 aromatic heterocycles. The monoisotopic (exact) mass is 395 g/mol. The molecule has 3 nitrogen and oxygen atoms in total. The maximum absolute atomic E-state index is 6.47. The van der Waals surface area contributed by atoms with Crippen molar-refractivity contribution in [3.05, 3.63) is 34.9 Å². The Morgan fingerprint density at radius 3 is 1.92 bits per heavy atom. The Morgan fingerprint density at radius 1 is 1.00 bits per heavy atom. The summed E-state index contributed by atoms with van der Waals surface area (Å²) in [4.78, 5) is 0. The van der Waals surface area contributed by atoms with Crippen LogP contribution < -0.4 is 5.73 Å². The molecular formula is C21H34ClNO2Si. The fraction of sp³-hybridized carbons (Fsp3) is 0.619. The highest BCUT2D eigenvalue weighted by Crippen LogP contribution is 2.40. The van der Waals surface area contributed by atoms with Gasteiger partial charge in [-0.15, -0.1) is 5.54 Å². The first kappa shape index (κ1) is 23.2. The Hall–Kier alpha value is -0.833. The van der Waals surface area contributed by atoms with E-state index in [1.165, 1.54) is 0 Å². The fourth-order valence-electron chi connectivity index (χ4n) is 3.92. The van der Waals surface area contributed by atoms with Crippen LogP contribution in [0.25, 0.3) is 0 Å². The van der Waals surface area contributed by atoms with Crippen LogP contribution in [-0.2, 0) is 9.47 Å². The van der Waals surface area contributed by atoms with Gasteiger partial charge < -0.3 is 15.2 Å². The minimum Gasteiger partial charge on any atom is -0.359 e. The Morgan fingerprint density at radius 2 is 1.50 bits per heavy atom. The smallest absolute Gasteiger partial charge is 0.147 e. The van der Waals surface area contributed by atoms with Crippen LogP contribution in [-0.4, -0.2) is 28.0 Å². The highest BCUT2D eigenvalue weighted by Gasteiger charge is 2.41. The van der Waals surface area contributed by atoms with Crippen molar-refractivity contribution in [1.82, 2.24) is 0 Å². The Bertz CT molecular complexity index is 583. The van der Waals surface area contributed by atoms with Gasteiger partial charge in [0.05, 0.1) is 6.04 Å². The Kier molecular flexibility index (Phi) is 9.36. The van der Waals surface area contributed by atoms with Crippen molar-refractivity contribution in [3.63, 3.8) is 0 Å². The molecule has 0 fully saturated rings. The van der Waals surface area contributed by atoms with Crippen LogP contribution in [0.15, 0.2) is 24.3 Å². The number of hydrogen-bond acceptors (Lipinski definition) is 3. The zero-order valence-electron chi connectivity index (χ0n) is 17.2. The van der Waals surface area contributed by atoms with Gasteiger partial charge in [0.2, 0.25) is 0 Å². The Balaban J connectivity index is 3.21. The van der Waals surface area contributed by atoms with E-state index in [0.29, 0.717) is 21.6 Å². The van der Waals surface area contributed by atoms with E-state index >= 15 is 0 Å².